The van der Waals surface area contributed by atoms with Crippen molar-refractivity contribution in [2.45, 2.75) is 26.3 Å². The SMILES string of the molecule is COc1ccccc1C(CC(C)(C)C(=O)O)N(C)C. The molecule has 1 aromatic carbocycles. The molecule has 0 bridgehead atoms. The second-order valence-corrected chi connectivity index (χ2v) is 5.61. The van der Waals surface area contributed by atoms with Crippen LogP contribution >= 0.6 is 0 Å². The van der Waals surface area contributed by atoms with E-state index in [1.165, 1.54) is 0 Å². The molecule has 0 fully saturated rings. The number of methoxy groups -OCH3 is 1. The summed E-state index contributed by atoms with van der Waals surface area (Å²) in [5, 5.41) is 9.30. The quantitative estimate of drug-likeness (QED) is 0.859. The van der Waals surface area contributed by atoms with Gasteiger partial charge in [0.25, 0.3) is 0 Å². The van der Waals surface area contributed by atoms with Gasteiger partial charge in [-0.2, -0.15) is 0 Å². The molecule has 0 aliphatic carbocycles. The van der Waals surface area contributed by atoms with Crippen LogP contribution in [0, 0.1) is 5.41 Å². The van der Waals surface area contributed by atoms with E-state index in [1.807, 2.05) is 43.3 Å². The Morgan fingerprint density at radius 3 is 2.42 bits per heavy atom. The minimum atomic E-state index is -0.783. The van der Waals surface area contributed by atoms with Gasteiger partial charge in [0.2, 0.25) is 0 Å². The number of hydrogen-bond donors (Lipinski definition) is 1. The summed E-state index contributed by atoms with van der Waals surface area (Å²) in [5.74, 6) is 0.0108. The van der Waals surface area contributed by atoms with Crippen LogP contribution in [0.2, 0.25) is 0 Å². The van der Waals surface area contributed by atoms with Crippen LogP contribution in [0.25, 0.3) is 0 Å². The fourth-order valence-electron chi connectivity index (χ4n) is 2.08. The molecule has 0 heterocycles. The van der Waals surface area contributed by atoms with Gasteiger partial charge in [-0.1, -0.05) is 18.2 Å². The minimum Gasteiger partial charge on any atom is -0.496 e. The molecule has 4 nitrogen and oxygen atoms in total. The van der Waals surface area contributed by atoms with Crippen molar-refractivity contribution in [2.75, 3.05) is 21.2 Å². The van der Waals surface area contributed by atoms with Crippen LogP contribution in [-0.4, -0.2) is 37.2 Å². The Morgan fingerprint density at radius 1 is 1.37 bits per heavy atom. The highest BCUT2D eigenvalue weighted by Gasteiger charge is 2.33. The van der Waals surface area contributed by atoms with Gasteiger partial charge < -0.3 is 14.7 Å². The van der Waals surface area contributed by atoms with Gasteiger partial charge in [-0.15, -0.1) is 0 Å². The minimum absolute atomic E-state index is 0.00208. The second-order valence-electron chi connectivity index (χ2n) is 5.61. The monoisotopic (exact) mass is 265 g/mol. The number of ether oxygens (including phenoxy) is 1. The lowest BCUT2D eigenvalue weighted by Crippen LogP contribution is -2.31. The highest BCUT2D eigenvalue weighted by atomic mass is 16.5. The van der Waals surface area contributed by atoms with Crippen molar-refractivity contribution >= 4 is 5.97 Å². The van der Waals surface area contributed by atoms with Crippen LogP contribution in [0.15, 0.2) is 24.3 Å². The Bertz CT molecular complexity index is 441. The number of rotatable bonds is 6. The summed E-state index contributed by atoms with van der Waals surface area (Å²) in [6.45, 7) is 3.50. The van der Waals surface area contributed by atoms with Gasteiger partial charge >= 0.3 is 5.97 Å². The fraction of sp³-hybridized carbons (Fsp3) is 0.533. The van der Waals surface area contributed by atoms with Crippen molar-refractivity contribution in [3.63, 3.8) is 0 Å². The number of nitrogens with zero attached hydrogens (tertiary/aromatic N) is 1. The maximum Gasteiger partial charge on any atom is 0.309 e. The largest absolute Gasteiger partial charge is 0.496 e. The Balaban J connectivity index is 3.11. The number of hydrogen-bond acceptors (Lipinski definition) is 3. The molecule has 1 unspecified atom stereocenters. The van der Waals surface area contributed by atoms with E-state index in [4.69, 9.17) is 4.74 Å². The highest BCUT2D eigenvalue weighted by Crippen LogP contribution is 2.37. The van der Waals surface area contributed by atoms with Gasteiger partial charge in [0.1, 0.15) is 5.75 Å². The van der Waals surface area contributed by atoms with Gasteiger partial charge in [0, 0.05) is 11.6 Å². The molecular weight excluding hydrogens is 242 g/mol. The molecule has 0 saturated heterocycles. The second kappa shape index (κ2) is 6.06. The molecule has 0 aliphatic heterocycles. The summed E-state index contributed by atoms with van der Waals surface area (Å²) < 4.78 is 5.38. The standard InChI is InChI=1S/C15H23NO3/c1-15(2,14(17)18)10-12(16(3)4)11-8-6-7-9-13(11)19-5/h6-9,12H,10H2,1-5H3,(H,17,18). The first-order chi connectivity index (χ1) is 8.79. The van der Waals surface area contributed by atoms with Crippen molar-refractivity contribution < 1.29 is 14.6 Å². The van der Waals surface area contributed by atoms with E-state index < -0.39 is 11.4 Å². The molecular formula is C15H23NO3. The Hall–Kier alpha value is -1.55. The highest BCUT2D eigenvalue weighted by molar-refractivity contribution is 5.73. The summed E-state index contributed by atoms with van der Waals surface area (Å²) in [6, 6.07) is 7.75. The predicted molar refractivity (Wildman–Crippen MR) is 75.5 cm³/mol. The fourth-order valence-corrected chi connectivity index (χ4v) is 2.08. The van der Waals surface area contributed by atoms with E-state index in [9.17, 15) is 9.90 Å². The number of carboxylic acid groups (broad SMARTS) is 1. The maximum absolute atomic E-state index is 11.3. The number of benzene rings is 1. The van der Waals surface area contributed by atoms with E-state index in [2.05, 4.69) is 0 Å². The summed E-state index contributed by atoms with van der Waals surface area (Å²) >= 11 is 0. The van der Waals surface area contributed by atoms with Crippen LogP contribution in [0.3, 0.4) is 0 Å². The van der Waals surface area contributed by atoms with Crippen molar-refractivity contribution in [1.29, 1.82) is 0 Å². The first-order valence-electron chi connectivity index (χ1n) is 6.32. The van der Waals surface area contributed by atoms with Gasteiger partial charge in [-0.3, -0.25) is 4.79 Å². The summed E-state index contributed by atoms with van der Waals surface area (Å²) in [4.78, 5) is 13.3. The lowest BCUT2D eigenvalue weighted by molar-refractivity contribution is -0.148. The average molecular weight is 265 g/mol. The van der Waals surface area contributed by atoms with Crippen molar-refractivity contribution in [3.05, 3.63) is 29.8 Å². The third-order valence-electron chi connectivity index (χ3n) is 3.40. The van der Waals surface area contributed by atoms with Crippen molar-refractivity contribution in [2.24, 2.45) is 5.41 Å². The van der Waals surface area contributed by atoms with Gasteiger partial charge in [0.05, 0.1) is 12.5 Å². The van der Waals surface area contributed by atoms with Crippen molar-refractivity contribution in [1.82, 2.24) is 4.90 Å². The Labute approximate surface area is 115 Å². The topological polar surface area (TPSA) is 49.8 Å². The average Bonchev–Trinajstić information content (AvgIpc) is 2.35. The van der Waals surface area contributed by atoms with Crippen LogP contribution in [0.1, 0.15) is 31.9 Å². The molecule has 106 valence electrons. The predicted octanol–water partition coefficient (Wildman–Crippen LogP) is 2.80. The summed E-state index contributed by atoms with van der Waals surface area (Å²) in [5.41, 5.74) is 0.236. The maximum atomic E-state index is 11.3. The lowest BCUT2D eigenvalue weighted by Gasteiger charge is -2.31. The first kappa shape index (κ1) is 15.5. The molecule has 1 N–H and O–H groups in total. The van der Waals surface area contributed by atoms with Gasteiger partial charge in [-0.05, 0) is 40.4 Å². The summed E-state index contributed by atoms with van der Waals surface area (Å²) in [7, 11) is 5.54. The number of carbonyl (C=O) groups is 1. The van der Waals surface area contributed by atoms with Gasteiger partial charge in [-0.25, -0.2) is 0 Å². The Morgan fingerprint density at radius 2 is 1.95 bits per heavy atom. The van der Waals surface area contributed by atoms with E-state index in [1.54, 1.807) is 21.0 Å². The first-order valence-corrected chi connectivity index (χ1v) is 6.32. The van der Waals surface area contributed by atoms with E-state index >= 15 is 0 Å². The third kappa shape index (κ3) is 3.70. The van der Waals surface area contributed by atoms with Crippen LogP contribution < -0.4 is 4.74 Å². The molecule has 0 radical (unpaired) electrons. The normalized spacial score (nSPS) is 13.4. The lowest BCUT2D eigenvalue weighted by atomic mass is 9.83. The summed E-state index contributed by atoms with van der Waals surface area (Å²) in [6.07, 6.45) is 0.524. The van der Waals surface area contributed by atoms with E-state index in [0.717, 1.165) is 11.3 Å². The Kier molecular flexibility index (Phi) is 4.95. The molecule has 0 aliphatic rings. The molecule has 1 rings (SSSR count). The van der Waals surface area contributed by atoms with E-state index in [0.29, 0.717) is 6.42 Å². The van der Waals surface area contributed by atoms with E-state index in [-0.39, 0.29) is 6.04 Å². The zero-order chi connectivity index (χ0) is 14.6. The molecule has 0 aromatic heterocycles. The smallest absolute Gasteiger partial charge is 0.309 e. The zero-order valence-corrected chi connectivity index (χ0v) is 12.3. The van der Waals surface area contributed by atoms with Crippen molar-refractivity contribution in [3.8, 4) is 5.75 Å². The molecule has 0 spiro atoms. The molecule has 0 saturated carbocycles. The molecule has 0 amide bonds. The van der Waals surface area contributed by atoms with Crippen LogP contribution in [0.5, 0.6) is 5.75 Å². The third-order valence-corrected chi connectivity index (χ3v) is 3.40. The number of carboxylic acids is 1. The number of para-hydroxylation sites is 1. The van der Waals surface area contributed by atoms with Gasteiger partial charge in [0.15, 0.2) is 0 Å². The number of aliphatic carboxylic acids is 1. The van der Waals surface area contributed by atoms with Crippen LogP contribution in [0.4, 0.5) is 0 Å². The molecule has 1 aromatic rings. The zero-order valence-electron chi connectivity index (χ0n) is 12.3. The molecule has 1 atom stereocenters. The van der Waals surface area contributed by atoms with Crippen LogP contribution in [-0.2, 0) is 4.79 Å². The molecule has 4 heteroatoms. The molecule has 19 heavy (non-hydrogen) atoms.